The molecule has 1 aromatic carbocycles. The van der Waals surface area contributed by atoms with Crippen molar-refractivity contribution in [2.75, 3.05) is 25.1 Å². The Morgan fingerprint density at radius 2 is 2.08 bits per heavy atom. The first-order chi connectivity index (χ1) is 11.7. The maximum absolute atomic E-state index is 12.4. The van der Waals surface area contributed by atoms with E-state index in [-0.39, 0.29) is 24.2 Å². The van der Waals surface area contributed by atoms with Gasteiger partial charge in [0.05, 0.1) is 13.0 Å². The highest BCUT2D eigenvalue weighted by Gasteiger charge is 2.35. The Hall–Kier alpha value is -2.04. The second kappa shape index (κ2) is 7.69. The van der Waals surface area contributed by atoms with Crippen molar-refractivity contribution >= 4 is 17.5 Å². The zero-order valence-electron chi connectivity index (χ0n) is 14.3. The number of benzene rings is 1. The molecule has 1 N–H and O–H groups in total. The van der Waals surface area contributed by atoms with Crippen molar-refractivity contribution in [2.24, 2.45) is 11.8 Å². The van der Waals surface area contributed by atoms with Gasteiger partial charge in [-0.05, 0) is 30.9 Å². The lowest BCUT2D eigenvalue weighted by atomic mass is 9.89. The van der Waals surface area contributed by atoms with E-state index < -0.39 is 0 Å². The standard InChI is InChI=1S/C19H26N2O3/c1-24-17-9-5-8-16(11-17)21-13-15(10-18(21)22)19(23)20-12-14-6-3-2-4-7-14/h5,8-9,11,14-15H,2-4,6-7,10,12-13H2,1H3,(H,20,23)/t15-/m0/s1. The Labute approximate surface area is 143 Å². The van der Waals surface area contributed by atoms with E-state index in [2.05, 4.69) is 5.32 Å². The highest BCUT2D eigenvalue weighted by Crippen LogP contribution is 2.28. The maximum Gasteiger partial charge on any atom is 0.227 e. The third-order valence-corrected chi connectivity index (χ3v) is 5.15. The molecule has 0 radical (unpaired) electrons. The van der Waals surface area contributed by atoms with Gasteiger partial charge in [-0.15, -0.1) is 0 Å². The summed E-state index contributed by atoms with van der Waals surface area (Å²) in [5, 5.41) is 3.07. The van der Waals surface area contributed by atoms with Gasteiger partial charge in [-0.3, -0.25) is 9.59 Å². The van der Waals surface area contributed by atoms with E-state index in [1.54, 1.807) is 12.0 Å². The van der Waals surface area contributed by atoms with Gasteiger partial charge in [0.25, 0.3) is 0 Å². The number of amides is 2. The summed E-state index contributed by atoms with van der Waals surface area (Å²) in [6, 6.07) is 7.42. The predicted octanol–water partition coefficient (Wildman–Crippen LogP) is 2.74. The van der Waals surface area contributed by atoms with Gasteiger partial charge in [0.1, 0.15) is 5.75 Å². The zero-order chi connectivity index (χ0) is 16.9. The van der Waals surface area contributed by atoms with Gasteiger partial charge in [-0.1, -0.05) is 25.3 Å². The Morgan fingerprint density at radius 1 is 1.29 bits per heavy atom. The van der Waals surface area contributed by atoms with Crippen LogP contribution in [-0.2, 0) is 9.59 Å². The number of nitrogens with one attached hydrogen (secondary N) is 1. The average Bonchev–Trinajstić information content (AvgIpc) is 3.02. The van der Waals surface area contributed by atoms with Crippen molar-refractivity contribution in [2.45, 2.75) is 38.5 Å². The van der Waals surface area contributed by atoms with Crippen LogP contribution < -0.4 is 15.0 Å². The molecule has 1 atom stereocenters. The van der Waals surface area contributed by atoms with E-state index in [1.807, 2.05) is 24.3 Å². The Balaban J connectivity index is 1.56. The summed E-state index contributed by atoms with van der Waals surface area (Å²) >= 11 is 0. The van der Waals surface area contributed by atoms with E-state index in [9.17, 15) is 9.59 Å². The van der Waals surface area contributed by atoms with Crippen molar-refractivity contribution in [1.82, 2.24) is 5.32 Å². The minimum atomic E-state index is -0.257. The van der Waals surface area contributed by atoms with Crippen molar-refractivity contribution in [3.63, 3.8) is 0 Å². The first kappa shape index (κ1) is 16.8. The molecule has 2 amide bonds. The molecule has 1 aliphatic heterocycles. The van der Waals surface area contributed by atoms with E-state index in [0.29, 0.717) is 18.2 Å². The van der Waals surface area contributed by atoms with Crippen LogP contribution in [0.5, 0.6) is 5.75 Å². The van der Waals surface area contributed by atoms with Crippen LogP contribution in [0.3, 0.4) is 0 Å². The van der Waals surface area contributed by atoms with Crippen LogP contribution >= 0.6 is 0 Å². The lowest BCUT2D eigenvalue weighted by Gasteiger charge is -2.22. The molecule has 3 rings (SSSR count). The van der Waals surface area contributed by atoms with Gasteiger partial charge in [-0.25, -0.2) is 0 Å². The molecule has 1 aromatic rings. The summed E-state index contributed by atoms with van der Waals surface area (Å²) in [5.41, 5.74) is 0.793. The van der Waals surface area contributed by atoms with E-state index in [4.69, 9.17) is 4.74 Å². The molecule has 5 heteroatoms. The molecule has 1 heterocycles. The molecule has 5 nitrogen and oxygen atoms in total. The van der Waals surface area contributed by atoms with Crippen molar-refractivity contribution in [3.8, 4) is 5.75 Å². The topological polar surface area (TPSA) is 58.6 Å². The molecule has 0 bridgehead atoms. The Bertz CT molecular complexity index is 596. The molecule has 1 saturated carbocycles. The summed E-state index contributed by atoms with van der Waals surface area (Å²) < 4.78 is 5.21. The largest absolute Gasteiger partial charge is 0.497 e. The quantitative estimate of drug-likeness (QED) is 0.903. The van der Waals surface area contributed by atoms with Gasteiger partial charge >= 0.3 is 0 Å². The number of anilines is 1. The van der Waals surface area contributed by atoms with Crippen molar-refractivity contribution in [3.05, 3.63) is 24.3 Å². The summed E-state index contributed by atoms with van der Waals surface area (Å²) in [7, 11) is 1.60. The summed E-state index contributed by atoms with van der Waals surface area (Å²) in [5.74, 6) is 1.08. The van der Waals surface area contributed by atoms with E-state index in [1.165, 1.54) is 32.1 Å². The van der Waals surface area contributed by atoms with E-state index in [0.717, 1.165) is 12.2 Å². The number of carbonyl (C=O) groups is 2. The highest BCUT2D eigenvalue weighted by atomic mass is 16.5. The minimum absolute atomic E-state index is 0.000990. The SMILES string of the molecule is COc1cccc(N2C[C@@H](C(=O)NCC3CCCCC3)CC2=O)c1. The summed E-state index contributed by atoms with van der Waals surface area (Å²) in [6.07, 6.45) is 6.56. The number of rotatable bonds is 5. The van der Waals surface area contributed by atoms with Crippen LogP contribution in [0.1, 0.15) is 38.5 Å². The fourth-order valence-corrected chi connectivity index (χ4v) is 3.69. The van der Waals surface area contributed by atoms with Crippen LogP contribution in [0.15, 0.2) is 24.3 Å². The molecule has 2 fully saturated rings. The lowest BCUT2D eigenvalue weighted by Crippen LogP contribution is -2.36. The van der Waals surface area contributed by atoms with Crippen LogP contribution in [-0.4, -0.2) is 32.0 Å². The Kier molecular flexibility index (Phi) is 5.38. The first-order valence-electron chi connectivity index (χ1n) is 8.89. The van der Waals surface area contributed by atoms with Gasteiger partial charge in [-0.2, -0.15) is 0 Å². The molecule has 1 aliphatic carbocycles. The molecule has 130 valence electrons. The van der Waals surface area contributed by atoms with Crippen LogP contribution in [0.25, 0.3) is 0 Å². The molecule has 0 spiro atoms. The number of ether oxygens (including phenoxy) is 1. The number of methoxy groups -OCH3 is 1. The summed E-state index contributed by atoms with van der Waals surface area (Å²) in [4.78, 5) is 26.4. The minimum Gasteiger partial charge on any atom is -0.497 e. The lowest BCUT2D eigenvalue weighted by molar-refractivity contribution is -0.126. The van der Waals surface area contributed by atoms with Gasteiger partial charge < -0.3 is 15.0 Å². The molecule has 0 aromatic heterocycles. The zero-order valence-corrected chi connectivity index (χ0v) is 14.3. The van der Waals surface area contributed by atoms with E-state index >= 15 is 0 Å². The van der Waals surface area contributed by atoms with Gasteiger partial charge in [0.15, 0.2) is 0 Å². The van der Waals surface area contributed by atoms with Gasteiger partial charge in [0.2, 0.25) is 11.8 Å². The maximum atomic E-state index is 12.4. The third kappa shape index (κ3) is 3.89. The molecule has 0 unspecified atom stereocenters. The molecular weight excluding hydrogens is 304 g/mol. The predicted molar refractivity (Wildman–Crippen MR) is 93.0 cm³/mol. The second-order valence-electron chi connectivity index (χ2n) is 6.86. The second-order valence-corrected chi connectivity index (χ2v) is 6.86. The summed E-state index contributed by atoms with van der Waals surface area (Å²) in [6.45, 7) is 1.20. The molecule has 1 saturated heterocycles. The number of nitrogens with zero attached hydrogens (tertiary/aromatic N) is 1. The smallest absolute Gasteiger partial charge is 0.227 e. The monoisotopic (exact) mass is 330 g/mol. The van der Waals surface area contributed by atoms with Crippen molar-refractivity contribution in [1.29, 1.82) is 0 Å². The first-order valence-corrected chi connectivity index (χ1v) is 8.89. The molecular formula is C19H26N2O3. The highest BCUT2D eigenvalue weighted by molar-refractivity contribution is 6.00. The number of hydrogen-bond donors (Lipinski definition) is 1. The normalized spacial score (nSPS) is 21.8. The van der Waals surface area contributed by atoms with Gasteiger partial charge in [0, 0.05) is 31.3 Å². The van der Waals surface area contributed by atoms with Crippen LogP contribution in [0, 0.1) is 11.8 Å². The fourth-order valence-electron chi connectivity index (χ4n) is 3.69. The molecule has 2 aliphatic rings. The third-order valence-electron chi connectivity index (χ3n) is 5.15. The van der Waals surface area contributed by atoms with Crippen LogP contribution in [0.2, 0.25) is 0 Å². The number of hydrogen-bond acceptors (Lipinski definition) is 3. The fraction of sp³-hybridized carbons (Fsp3) is 0.579. The number of carbonyl (C=O) groups excluding carboxylic acids is 2. The average molecular weight is 330 g/mol. The Morgan fingerprint density at radius 3 is 2.83 bits per heavy atom. The molecule has 24 heavy (non-hydrogen) atoms. The van der Waals surface area contributed by atoms with Crippen LogP contribution in [0.4, 0.5) is 5.69 Å². The van der Waals surface area contributed by atoms with Crippen molar-refractivity contribution < 1.29 is 14.3 Å².